The maximum Gasteiger partial charge on any atom is 0.325 e. The van der Waals surface area contributed by atoms with Gasteiger partial charge in [-0.3, -0.25) is 14.5 Å². The quantitative estimate of drug-likeness (QED) is 0.628. The van der Waals surface area contributed by atoms with Crippen LogP contribution in [0.5, 0.6) is 0 Å². The van der Waals surface area contributed by atoms with Gasteiger partial charge in [0.25, 0.3) is 11.8 Å². The molecule has 176 valence electrons. The Morgan fingerprint density at radius 1 is 1.16 bits per heavy atom. The fourth-order valence-electron chi connectivity index (χ4n) is 4.77. The number of rotatable bonds is 8. The minimum absolute atomic E-state index is 0.0316. The van der Waals surface area contributed by atoms with Crippen molar-refractivity contribution in [3.05, 3.63) is 35.4 Å². The summed E-state index contributed by atoms with van der Waals surface area (Å²) < 4.78 is 0. The molecule has 2 aliphatic heterocycles. The van der Waals surface area contributed by atoms with Crippen LogP contribution in [0, 0.1) is 18.8 Å². The lowest BCUT2D eigenvalue weighted by atomic mass is 9.73. The third-order valence-electron chi connectivity index (χ3n) is 6.87. The first-order valence-corrected chi connectivity index (χ1v) is 11.8. The van der Waals surface area contributed by atoms with E-state index in [1.54, 1.807) is 0 Å². The fraction of sp³-hybridized carbons (Fsp3) is 0.640. The van der Waals surface area contributed by atoms with Crippen LogP contribution in [0.25, 0.3) is 0 Å². The Labute approximate surface area is 192 Å². The summed E-state index contributed by atoms with van der Waals surface area (Å²) in [6.45, 7) is 8.52. The highest BCUT2D eigenvalue weighted by molar-refractivity contribution is 6.07. The third-order valence-corrected chi connectivity index (χ3v) is 6.87. The molecule has 0 radical (unpaired) electrons. The van der Waals surface area contributed by atoms with Gasteiger partial charge >= 0.3 is 6.03 Å². The van der Waals surface area contributed by atoms with Gasteiger partial charge in [0.2, 0.25) is 0 Å². The molecule has 0 aliphatic carbocycles. The highest BCUT2D eigenvalue weighted by Gasteiger charge is 2.55. The molecule has 32 heavy (non-hydrogen) atoms. The molecule has 0 aromatic heterocycles. The number of benzene rings is 1. The standard InChI is InChI=1S/C25H38N4O3/c1-18(2)10-13-25(23(31)29(24(32)26-25)17-16-27(4)5)21-11-14-28(15-12-21)22(30)20-8-6-19(3)7-9-20/h6-9,18,21H,10-17H2,1-5H3,(H,26,32)/t25-/m0/s1. The number of nitrogens with one attached hydrogen (secondary N) is 1. The number of urea groups is 1. The van der Waals surface area contributed by atoms with Gasteiger partial charge in [-0.25, -0.2) is 4.79 Å². The molecule has 0 unspecified atom stereocenters. The van der Waals surface area contributed by atoms with Crippen molar-refractivity contribution in [2.75, 3.05) is 40.3 Å². The minimum atomic E-state index is -0.855. The van der Waals surface area contributed by atoms with Crippen molar-refractivity contribution in [3.63, 3.8) is 0 Å². The number of piperidine rings is 1. The van der Waals surface area contributed by atoms with Crippen LogP contribution in [-0.2, 0) is 4.79 Å². The van der Waals surface area contributed by atoms with Crippen molar-refractivity contribution in [3.8, 4) is 0 Å². The molecule has 7 nitrogen and oxygen atoms in total. The highest BCUT2D eigenvalue weighted by Crippen LogP contribution is 2.38. The van der Waals surface area contributed by atoms with Crippen LogP contribution in [0.4, 0.5) is 4.79 Å². The molecule has 1 atom stereocenters. The molecule has 2 saturated heterocycles. The lowest BCUT2D eigenvalue weighted by molar-refractivity contribution is -0.134. The zero-order chi connectivity index (χ0) is 23.5. The summed E-state index contributed by atoms with van der Waals surface area (Å²) in [4.78, 5) is 44.5. The zero-order valence-electron chi connectivity index (χ0n) is 20.2. The van der Waals surface area contributed by atoms with Crippen LogP contribution in [-0.4, -0.2) is 78.4 Å². The molecule has 7 heteroatoms. The van der Waals surface area contributed by atoms with Crippen molar-refractivity contribution in [2.45, 2.75) is 52.0 Å². The first-order chi connectivity index (χ1) is 15.1. The van der Waals surface area contributed by atoms with Gasteiger partial charge < -0.3 is 15.1 Å². The number of aryl methyl sites for hydroxylation is 1. The number of likely N-dealkylation sites (tertiary alicyclic amines) is 1. The number of likely N-dealkylation sites (N-methyl/N-ethyl adjacent to an activating group) is 1. The van der Waals surface area contributed by atoms with Gasteiger partial charge in [-0.15, -0.1) is 0 Å². The second-order valence-corrected chi connectivity index (χ2v) is 10.0. The SMILES string of the molecule is Cc1ccc(C(=O)N2CCC([C@]3(CCC(C)C)NC(=O)N(CCN(C)C)C3=O)CC2)cc1. The molecule has 1 aromatic rings. The Balaban J connectivity index is 1.73. The van der Waals surface area contributed by atoms with E-state index in [9.17, 15) is 14.4 Å². The number of nitrogens with zero attached hydrogens (tertiary/aromatic N) is 3. The molecular weight excluding hydrogens is 404 g/mol. The van der Waals surface area contributed by atoms with E-state index in [2.05, 4.69) is 19.2 Å². The largest absolute Gasteiger partial charge is 0.339 e. The molecule has 1 aromatic carbocycles. The van der Waals surface area contributed by atoms with E-state index in [0.717, 1.165) is 12.0 Å². The third kappa shape index (κ3) is 5.14. The Bertz CT molecular complexity index is 828. The summed E-state index contributed by atoms with van der Waals surface area (Å²) in [5.74, 6) is 0.419. The molecular formula is C25H38N4O3. The summed E-state index contributed by atoms with van der Waals surface area (Å²) in [7, 11) is 3.87. The van der Waals surface area contributed by atoms with E-state index < -0.39 is 5.54 Å². The summed E-state index contributed by atoms with van der Waals surface area (Å²) in [6.07, 6.45) is 2.94. The van der Waals surface area contributed by atoms with Gasteiger partial charge in [0, 0.05) is 31.7 Å². The number of carbonyl (C=O) groups excluding carboxylic acids is 3. The lowest BCUT2D eigenvalue weighted by Gasteiger charge is -2.41. The summed E-state index contributed by atoms with van der Waals surface area (Å²) in [6, 6.07) is 7.37. The molecule has 2 heterocycles. The molecule has 0 saturated carbocycles. The molecule has 4 amide bonds. The first kappa shape index (κ1) is 24.2. The predicted molar refractivity (Wildman–Crippen MR) is 125 cm³/mol. The average molecular weight is 443 g/mol. The second kappa shape index (κ2) is 10.0. The number of hydrogen-bond donors (Lipinski definition) is 1. The summed E-state index contributed by atoms with van der Waals surface area (Å²) in [5, 5.41) is 3.11. The van der Waals surface area contributed by atoms with Gasteiger partial charge in [-0.2, -0.15) is 0 Å². The number of amides is 4. The van der Waals surface area contributed by atoms with Crippen LogP contribution in [0.15, 0.2) is 24.3 Å². The summed E-state index contributed by atoms with van der Waals surface area (Å²) >= 11 is 0. The van der Waals surface area contributed by atoms with Crippen LogP contribution in [0.1, 0.15) is 55.5 Å². The van der Waals surface area contributed by atoms with Gasteiger partial charge in [0.1, 0.15) is 5.54 Å². The second-order valence-electron chi connectivity index (χ2n) is 10.0. The molecule has 1 N–H and O–H groups in total. The van der Waals surface area contributed by atoms with E-state index in [-0.39, 0.29) is 23.8 Å². The van der Waals surface area contributed by atoms with Crippen molar-refractivity contribution in [1.29, 1.82) is 0 Å². The Morgan fingerprint density at radius 2 is 1.78 bits per heavy atom. The number of carbonyl (C=O) groups is 3. The Kier molecular flexibility index (Phi) is 7.59. The summed E-state index contributed by atoms with van der Waals surface area (Å²) in [5.41, 5.74) is 0.970. The van der Waals surface area contributed by atoms with Crippen molar-refractivity contribution >= 4 is 17.8 Å². The van der Waals surface area contributed by atoms with Gasteiger partial charge in [-0.05, 0) is 70.7 Å². The smallest absolute Gasteiger partial charge is 0.325 e. The monoisotopic (exact) mass is 442 g/mol. The van der Waals surface area contributed by atoms with E-state index >= 15 is 0 Å². The van der Waals surface area contributed by atoms with Crippen molar-refractivity contribution < 1.29 is 14.4 Å². The fourth-order valence-corrected chi connectivity index (χ4v) is 4.77. The molecule has 0 spiro atoms. The van der Waals surface area contributed by atoms with Gasteiger partial charge in [0.05, 0.1) is 0 Å². The van der Waals surface area contributed by atoms with Crippen LogP contribution >= 0.6 is 0 Å². The van der Waals surface area contributed by atoms with E-state index in [1.165, 1.54) is 4.90 Å². The van der Waals surface area contributed by atoms with Gasteiger partial charge in [-0.1, -0.05) is 31.5 Å². The predicted octanol–water partition coefficient (Wildman–Crippen LogP) is 3.14. The highest BCUT2D eigenvalue weighted by atomic mass is 16.2. The van der Waals surface area contributed by atoms with Crippen LogP contribution in [0.2, 0.25) is 0 Å². The maximum absolute atomic E-state index is 13.6. The van der Waals surface area contributed by atoms with Gasteiger partial charge in [0.15, 0.2) is 0 Å². The van der Waals surface area contributed by atoms with E-state index in [1.807, 2.05) is 55.1 Å². The first-order valence-electron chi connectivity index (χ1n) is 11.8. The van der Waals surface area contributed by atoms with Crippen LogP contribution in [0.3, 0.4) is 0 Å². The van der Waals surface area contributed by atoms with Crippen molar-refractivity contribution in [1.82, 2.24) is 20.0 Å². The van der Waals surface area contributed by atoms with Crippen LogP contribution < -0.4 is 5.32 Å². The Hall–Kier alpha value is -2.41. The Morgan fingerprint density at radius 3 is 2.34 bits per heavy atom. The number of hydrogen-bond acceptors (Lipinski definition) is 4. The maximum atomic E-state index is 13.6. The molecule has 2 aliphatic rings. The molecule has 2 fully saturated rings. The zero-order valence-corrected chi connectivity index (χ0v) is 20.2. The normalized spacial score (nSPS) is 22.2. The lowest BCUT2D eigenvalue weighted by Crippen LogP contribution is -2.56. The van der Waals surface area contributed by atoms with E-state index in [0.29, 0.717) is 56.9 Å². The van der Waals surface area contributed by atoms with E-state index in [4.69, 9.17) is 0 Å². The van der Waals surface area contributed by atoms with Crippen molar-refractivity contribution in [2.24, 2.45) is 11.8 Å². The average Bonchev–Trinajstić information content (AvgIpc) is 3.01. The topological polar surface area (TPSA) is 73.0 Å². The number of imide groups is 1. The molecule has 0 bridgehead atoms. The minimum Gasteiger partial charge on any atom is -0.339 e. The molecule has 3 rings (SSSR count).